The van der Waals surface area contributed by atoms with E-state index in [1.165, 1.54) is 0 Å². The van der Waals surface area contributed by atoms with Crippen LogP contribution in [-0.2, 0) is 9.53 Å². The third-order valence-electron chi connectivity index (χ3n) is 2.70. The molecule has 1 fully saturated rings. The van der Waals surface area contributed by atoms with Gasteiger partial charge in [-0.15, -0.1) is 0 Å². The van der Waals surface area contributed by atoms with Gasteiger partial charge in [-0.3, -0.25) is 4.79 Å². The molecule has 0 atom stereocenters. The van der Waals surface area contributed by atoms with Crippen LogP contribution in [0.15, 0.2) is 0 Å². The van der Waals surface area contributed by atoms with Crippen LogP contribution in [0.2, 0.25) is 0 Å². The molecule has 0 aromatic rings. The van der Waals surface area contributed by atoms with E-state index in [-0.39, 0.29) is 11.9 Å². The summed E-state index contributed by atoms with van der Waals surface area (Å²) < 4.78 is 5.17. The average Bonchev–Trinajstić information content (AvgIpc) is 2.26. The molecule has 2 N–H and O–H groups in total. The van der Waals surface area contributed by atoms with Gasteiger partial charge in [0.25, 0.3) is 0 Å². The Kier molecular flexibility index (Phi) is 4.58. The van der Waals surface area contributed by atoms with Crippen LogP contribution in [0, 0.1) is 11.8 Å². The fraction of sp³-hybridized carbons (Fsp3) is 0.818. The number of carbonyl (C=O) groups excluding carboxylic acids is 2. The topological polar surface area (TPSA) is 72.6 Å². The SMILES string of the molecule is CC(C)COC(=O)C1CCN(C(N)=O)CC1. The normalized spacial score (nSPS) is 17.6. The van der Waals surface area contributed by atoms with Crippen molar-refractivity contribution in [3.63, 3.8) is 0 Å². The first-order chi connectivity index (χ1) is 7.50. The Morgan fingerprint density at radius 1 is 1.38 bits per heavy atom. The molecule has 0 bridgehead atoms. The number of amides is 2. The molecule has 16 heavy (non-hydrogen) atoms. The monoisotopic (exact) mass is 228 g/mol. The fourth-order valence-corrected chi connectivity index (χ4v) is 1.70. The summed E-state index contributed by atoms with van der Waals surface area (Å²) in [6.45, 7) is 5.58. The van der Waals surface area contributed by atoms with Crippen molar-refractivity contribution in [2.45, 2.75) is 26.7 Å². The Bertz CT molecular complexity index is 258. The van der Waals surface area contributed by atoms with Crippen LogP contribution < -0.4 is 5.73 Å². The summed E-state index contributed by atoms with van der Waals surface area (Å²) in [6, 6.07) is -0.408. The Balaban J connectivity index is 2.30. The molecule has 0 aliphatic carbocycles. The van der Waals surface area contributed by atoms with Crippen LogP contribution in [0.5, 0.6) is 0 Å². The maximum atomic E-state index is 11.6. The molecule has 92 valence electrons. The summed E-state index contributed by atoms with van der Waals surface area (Å²) in [5.74, 6) is 0.141. The van der Waals surface area contributed by atoms with E-state index in [0.29, 0.717) is 38.5 Å². The van der Waals surface area contributed by atoms with Crippen molar-refractivity contribution >= 4 is 12.0 Å². The molecule has 0 aromatic carbocycles. The maximum absolute atomic E-state index is 11.6. The molecule has 2 amide bonds. The minimum absolute atomic E-state index is 0.0747. The summed E-state index contributed by atoms with van der Waals surface area (Å²) in [7, 11) is 0. The number of carbonyl (C=O) groups is 2. The van der Waals surface area contributed by atoms with Crippen molar-refractivity contribution in [1.82, 2.24) is 4.90 Å². The number of esters is 1. The van der Waals surface area contributed by atoms with Gasteiger partial charge in [-0.25, -0.2) is 4.79 Å². The van der Waals surface area contributed by atoms with E-state index in [0.717, 1.165) is 0 Å². The molecule has 1 heterocycles. The minimum atomic E-state index is -0.408. The zero-order valence-corrected chi connectivity index (χ0v) is 9.94. The number of ether oxygens (including phenoxy) is 1. The van der Waals surface area contributed by atoms with Gasteiger partial charge in [-0.2, -0.15) is 0 Å². The second-order valence-electron chi connectivity index (χ2n) is 4.62. The number of nitrogens with two attached hydrogens (primary N) is 1. The molecule has 0 saturated carbocycles. The van der Waals surface area contributed by atoms with Gasteiger partial charge in [-0.05, 0) is 18.8 Å². The molecule has 1 aliphatic rings. The summed E-state index contributed by atoms with van der Waals surface area (Å²) in [5.41, 5.74) is 5.16. The lowest BCUT2D eigenvalue weighted by molar-refractivity contribution is -0.151. The molecule has 1 saturated heterocycles. The highest BCUT2D eigenvalue weighted by Gasteiger charge is 2.27. The smallest absolute Gasteiger partial charge is 0.314 e. The van der Waals surface area contributed by atoms with Gasteiger partial charge in [0.15, 0.2) is 0 Å². The molecule has 5 heteroatoms. The molecule has 0 spiro atoms. The number of primary amides is 1. The maximum Gasteiger partial charge on any atom is 0.314 e. The lowest BCUT2D eigenvalue weighted by atomic mass is 9.97. The summed E-state index contributed by atoms with van der Waals surface area (Å²) >= 11 is 0. The van der Waals surface area contributed by atoms with Crippen molar-refractivity contribution in [1.29, 1.82) is 0 Å². The summed E-state index contributed by atoms with van der Waals surface area (Å²) in [5, 5.41) is 0. The first-order valence-electron chi connectivity index (χ1n) is 5.71. The Labute approximate surface area is 95.9 Å². The second kappa shape index (κ2) is 5.72. The quantitative estimate of drug-likeness (QED) is 0.732. The third kappa shape index (κ3) is 3.72. The first kappa shape index (κ1) is 12.8. The van der Waals surface area contributed by atoms with Crippen LogP contribution in [0.3, 0.4) is 0 Å². The number of hydrogen-bond donors (Lipinski definition) is 1. The Morgan fingerprint density at radius 2 is 1.94 bits per heavy atom. The van der Waals surface area contributed by atoms with Crippen LogP contribution in [0.4, 0.5) is 4.79 Å². The molecule has 1 rings (SSSR count). The van der Waals surface area contributed by atoms with Crippen molar-refractivity contribution in [2.24, 2.45) is 17.6 Å². The van der Waals surface area contributed by atoms with Crippen molar-refractivity contribution in [2.75, 3.05) is 19.7 Å². The first-order valence-corrected chi connectivity index (χ1v) is 5.71. The van der Waals surface area contributed by atoms with Crippen LogP contribution in [-0.4, -0.2) is 36.6 Å². The molecule has 5 nitrogen and oxygen atoms in total. The van der Waals surface area contributed by atoms with E-state index in [2.05, 4.69) is 0 Å². The Morgan fingerprint density at radius 3 is 2.38 bits per heavy atom. The minimum Gasteiger partial charge on any atom is -0.465 e. The number of rotatable bonds is 3. The highest BCUT2D eigenvalue weighted by Crippen LogP contribution is 2.18. The van der Waals surface area contributed by atoms with E-state index in [9.17, 15) is 9.59 Å². The predicted octanol–water partition coefficient (Wildman–Crippen LogP) is 0.976. The number of urea groups is 1. The molecular weight excluding hydrogens is 208 g/mol. The summed E-state index contributed by atoms with van der Waals surface area (Å²) in [6.07, 6.45) is 1.31. The third-order valence-corrected chi connectivity index (χ3v) is 2.70. The van der Waals surface area contributed by atoms with Crippen molar-refractivity contribution < 1.29 is 14.3 Å². The number of hydrogen-bond acceptors (Lipinski definition) is 3. The predicted molar refractivity (Wildman–Crippen MR) is 59.7 cm³/mol. The van der Waals surface area contributed by atoms with E-state index in [1.807, 2.05) is 13.8 Å². The van der Waals surface area contributed by atoms with E-state index >= 15 is 0 Å². The van der Waals surface area contributed by atoms with Gasteiger partial charge in [0, 0.05) is 13.1 Å². The van der Waals surface area contributed by atoms with E-state index < -0.39 is 6.03 Å². The van der Waals surface area contributed by atoms with Gasteiger partial charge >= 0.3 is 12.0 Å². The lowest BCUT2D eigenvalue weighted by Gasteiger charge is -2.29. The molecule has 0 radical (unpaired) electrons. The van der Waals surface area contributed by atoms with Crippen molar-refractivity contribution in [3.8, 4) is 0 Å². The molecule has 0 unspecified atom stereocenters. The Hall–Kier alpha value is -1.26. The van der Waals surface area contributed by atoms with Gasteiger partial charge in [-0.1, -0.05) is 13.8 Å². The second-order valence-corrected chi connectivity index (χ2v) is 4.62. The van der Waals surface area contributed by atoms with Crippen molar-refractivity contribution in [3.05, 3.63) is 0 Å². The number of likely N-dealkylation sites (tertiary alicyclic amines) is 1. The van der Waals surface area contributed by atoms with E-state index in [4.69, 9.17) is 10.5 Å². The largest absolute Gasteiger partial charge is 0.465 e. The van der Waals surface area contributed by atoms with Gasteiger partial charge in [0.05, 0.1) is 12.5 Å². The molecular formula is C11H20N2O3. The van der Waals surface area contributed by atoms with Gasteiger partial charge in [0.1, 0.15) is 0 Å². The van der Waals surface area contributed by atoms with Crippen LogP contribution >= 0.6 is 0 Å². The highest BCUT2D eigenvalue weighted by molar-refractivity contribution is 5.74. The number of piperidine rings is 1. The zero-order valence-electron chi connectivity index (χ0n) is 9.94. The number of nitrogens with zero attached hydrogens (tertiary/aromatic N) is 1. The molecule has 0 aromatic heterocycles. The summed E-state index contributed by atoms with van der Waals surface area (Å²) in [4.78, 5) is 24.1. The lowest BCUT2D eigenvalue weighted by Crippen LogP contribution is -2.43. The average molecular weight is 228 g/mol. The van der Waals surface area contributed by atoms with Gasteiger partial charge < -0.3 is 15.4 Å². The molecule has 1 aliphatic heterocycles. The van der Waals surface area contributed by atoms with E-state index in [1.54, 1.807) is 4.90 Å². The fourth-order valence-electron chi connectivity index (χ4n) is 1.70. The zero-order chi connectivity index (χ0) is 12.1. The van der Waals surface area contributed by atoms with Gasteiger partial charge in [0.2, 0.25) is 0 Å². The van der Waals surface area contributed by atoms with Crippen LogP contribution in [0.25, 0.3) is 0 Å². The highest BCUT2D eigenvalue weighted by atomic mass is 16.5. The standard InChI is InChI=1S/C11H20N2O3/c1-8(2)7-16-10(14)9-3-5-13(6-4-9)11(12)15/h8-9H,3-7H2,1-2H3,(H2,12,15). The van der Waals surface area contributed by atoms with Crippen LogP contribution in [0.1, 0.15) is 26.7 Å².